The van der Waals surface area contributed by atoms with Gasteiger partial charge in [-0.1, -0.05) is 146 Å². The van der Waals surface area contributed by atoms with E-state index in [4.69, 9.17) is 9.98 Å². The Morgan fingerprint density at radius 2 is 0.625 bits per heavy atom. The highest BCUT2D eigenvalue weighted by molar-refractivity contribution is 7.80. The zero-order valence-corrected chi connectivity index (χ0v) is 28.5. The maximum Gasteiger partial charge on any atom is 0.0630 e. The molecule has 1 heterocycles. The minimum Gasteiger partial charge on any atom is -0.342 e. The Kier molecular flexibility index (Phi) is 9.90. The molecule has 0 aliphatic heterocycles. The van der Waals surface area contributed by atoms with E-state index in [0.717, 1.165) is 22.8 Å². The van der Waals surface area contributed by atoms with Crippen molar-refractivity contribution in [1.29, 1.82) is 0 Å². The Bertz CT molecular complexity index is 1870. The van der Waals surface area contributed by atoms with E-state index in [1.165, 1.54) is 31.8 Å². The van der Waals surface area contributed by atoms with Crippen LogP contribution in [0.25, 0.3) is 0 Å². The lowest BCUT2D eigenvalue weighted by atomic mass is 10.3. The summed E-state index contributed by atoms with van der Waals surface area (Å²) < 4.78 is 2.11. The van der Waals surface area contributed by atoms with E-state index in [-0.39, 0.29) is 0 Å². The largest absolute Gasteiger partial charge is 0.342 e. The van der Waals surface area contributed by atoms with Crippen molar-refractivity contribution in [2.24, 2.45) is 17.0 Å². The molecule has 0 atom stereocenters. The molecule has 0 unspecified atom stereocenters. The summed E-state index contributed by atoms with van der Waals surface area (Å²) in [6, 6.07) is 64.6. The van der Waals surface area contributed by atoms with E-state index in [1.807, 2.05) is 12.4 Å². The van der Waals surface area contributed by atoms with Crippen molar-refractivity contribution in [3.05, 3.63) is 193 Å². The summed E-state index contributed by atoms with van der Waals surface area (Å²) in [5.41, 5.74) is 3.89. The summed E-state index contributed by atoms with van der Waals surface area (Å²) in [5.74, 6) is 0. The molecule has 3 nitrogen and oxygen atoms in total. The van der Waals surface area contributed by atoms with Crippen molar-refractivity contribution in [2.45, 2.75) is 0 Å². The second-order valence-corrected chi connectivity index (χ2v) is 15.7. The van der Waals surface area contributed by atoms with Gasteiger partial charge in [0, 0.05) is 7.05 Å². The standard InChI is InChI=1S/C43H35N3P2/c1-46-36(32-44-34-22-28-42(29-23-34)47(38-14-6-2-7-15-38)39-16-8-3-9-17-39)26-27-37(46)33-45-35-24-30-43(31-25-35)48(40-18-10-4-11-19-40)41-20-12-5-13-21-41/h2-33H,1H3. The van der Waals surface area contributed by atoms with Gasteiger partial charge >= 0.3 is 0 Å². The molecule has 7 rings (SSSR count). The maximum atomic E-state index is 4.81. The Hall–Kier alpha value is -5.20. The Morgan fingerprint density at radius 1 is 0.354 bits per heavy atom. The first-order chi connectivity index (χ1) is 23.7. The smallest absolute Gasteiger partial charge is 0.0630 e. The molecule has 0 bridgehead atoms. The summed E-state index contributed by atoms with van der Waals surface area (Å²) in [4.78, 5) is 9.62. The van der Waals surface area contributed by atoms with E-state index in [2.05, 4.69) is 194 Å². The van der Waals surface area contributed by atoms with Crippen LogP contribution in [0.1, 0.15) is 11.4 Å². The van der Waals surface area contributed by atoms with Crippen LogP contribution in [-0.4, -0.2) is 17.0 Å². The molecule has 0 saturated heterocycles. The minimum atomic E-state index is -0.634. The van der Waals surface area contributed by atoms with Crippen LogP contribution in [0.2, 0.25) is 0 Å². The molecule has 0 aliphatic rings. The number of aliphatic imine (C=N–C) groups is 2. The monoisotopic (exact) mass is 655 g/mol. The predicted octanol–water partition coefficient (Wildman–Crippen LogP) is 8.04. The van der Waals surface area contributed by atoms with Crippen LogP contribution in [0.4, 0.5) is 11.4 Å². The lowest BCUT2D eigenvalue weighted by Gasteiger charge is -2.19. The van der Waals surface area contributed by atoms with Gasteiger partial charge in [0.25, 0.3) is 0 Å². The number of aromatic nitrogens is 1. The second-order valence-electron chi connectivity index (χ2n) is 11.3. The SMILES string of the molecule is Cn1c(C=Nc2ccc(P(c3ccccc3)c3ccccc3)cc2)ccc1C=Nc1ccc(P(c2ccccc2)c2ccccc2)cc1. The highest BCUT2D eigenvalue weighted by Crippen LogP contribution is 2.34. The summed E-state index contributed by atoms with van der Waals surface area (Å²) in [6.07, 6.45) is 3.85. The van der Waals surface area contributed by atoms with Gasteiger partial charge < -0.3 is 4.57 Å². The van der Waals surface area contributed by atoms with Crippen molar-refractivity contribution in [1.82, 2.24) is 4.57 Å². The summed E-state index contributed by atoms with van der Waals surface area (Å²) >= 11 is 0. The van der Waals surface area contributed by atoms with Crippen LogP contribution < -0.4 is 31.8 Å². The van der Waals surface area contributed by atoms with Crippen molar-refractivity contribution in [3.63, 3.8) is 0 Å². The van der Waals surface area contributed by atoms with Gasteiger partial charge in [-0.15, -0.1) is 0 Å². The van der Waals surface area contributed by atoms with E-state index < -0.39 is 15.8 Å². The van der Waals surface area contributed by atoms with Gasteiger partial charge in [0.05, 0.1) is 35.2 Å². The van der Waals surface area contributed by atoms with Gasteiger partial charge in [0.15, 0.2) is 0 Å². The molecule has 0 fully saturated rings. The molecule has 0 saturated carbocycles. The third-order valence-electron chi connectivity index (χ3n) is 8.16. The predicted molar refractivity (Wildman–Crippen MR) is 210 cm³/mol. The molecule has 1 aromatic heterocycles. The van der Waals surface area contributed by atoms with Crippen LogP contribution in [0.5, 0.6) is 0 Å². The molecule has 7 aromatic rings. The van der Waals surface area contributed by atoms with Gasteiger partial charge in [0.2, 0.25) is 0 Å². The molecule has 48 heavy (non-hydrogen) atoms. The van der Waals surface area contributed by atoms with Crippen LogP contribution in [0.15, 0.2) is 192 Å². The Morgan fingerprint density at radius 3 is 0.917 bits per heavy atom. The van der Waals surface area contributed by atoms with Crippen molar-refractivity contribution in [2.75, 3.05) is 0 Å². The zero-order valence-electron chi connectivity index (χ0n) is 26.7. The van der Waals surface area contributed by atoms with E-state index in [0.29, 0.717) is 0 Å². The highest BCUT2D eigenvalue weighted by Gasteiger charge is 2.17. The third kappa shape index (κ3) is 7.35. The minimum absolute atomic E-state index is 0.634. The van der Waals surface area contributed by atoms with Gasteiger partial charge in [-0.25, -0.2) is 0 Å². The fourth-order valence-electron chi connectivity index (χ4n) is 5.66. The summed E-state index contributed by atoms with van der Waals surface area (Å²) in [7, 11) is 0.783. The maximum absolute atomic E-state index is 4.81. The number of hydrogen-bond acceptors (Lipinski definition) is 2. The molecule has 0 N–H and O–H groups in total. The molecule has 232 valence electrons. The second kappa shape index (κ2) is 15.1. The van der Waals surface area contributed by atoms with Crippen molar-refractivity contribution in [3.8, 4) is 0 Å². The quantitative estimate of drug-likeness (QED) is 0.106. The third-order valence-corrected chi connectivity index (χ3v) is 13.1. The first kappa shape index (κ1) is 31.4. The molecule has 5 heteroatoms. The summed E-state index contributed by atoms with van der Waals surface area (Å²) in [5, 5.41) is 7.98. The van der Waals surface area contributed by atoms with Crippen LogP contribution in [-0.2, 0) is 7.05 Å². The first-order valence-electron chi connectivity index (χ1n) is 16.0. The fraction of sp³-hybridized carbons (Fsp3) is 0.0233. The van der Waals surface area contributed by atoms with Crippen molar-refractivity contribution >= 4 is 71.5 Å². The van der Waals surface area contributed by atoms with Gasteiger partial charge in [-0.3, -0.25) is 9.98 Å². The Balaban J connectivity index is 1.05. The lowest BCUT2D eigenvalue weighted by Crippen LogP contribution is -2.20. The average Bonchev–Trinajstić information content (AvgIpc) is 3.51. The first-order valence-corrected chi connectivity index (χ1v) is 18.7. The molecule has 0 radical (unpaired) electrons. The van der Waals surface area contributed by atoms with Gasteiger partial charge in [-0.2, -0.15) is 0 Å². The summed E-state index contributed by atoms with van der Waals surface area (Å²) in [6.45, 7) is 0. The number of benzene rings is 6. The number of rotatable bonds is 10. The van der Waals surface area contributed by atoms with Crippen LogP contribution in [0.3, 0.4) is 0 Å². The topological polar surface area (TPSA) is 29.6 Å². The van der Waals surface area contributed by atoms with Gasteiger partial charge in [-0.05, 0) is 84.1 Å². The van der Waals surface area contributed by atoms with E-state index in [1.54, 1.807) is 0 Å². The van der Waals surface area contributed by atoms with E-state index >= 15 is 0 Å². The van der Waals surface area contributed by atoms with Gasteiger partial charge in [0.1, 0.15) is 0 Å². The average molecular weight is 656 g/mol. The van der Waals surface area contributed by atoms with Crippen LogP contribution in [0, 0.1) is 0 Å². The molecular weight excluding hydrogens is 620 g/mol. The number of nitrogens with zero attached hydrogens (tertiary/aromatic N) is 3. The number of hydrogen-bond donors (Lipinski definition) is 0. The van der Waals surface area contributed by atoms with Crippen molar-refractivity contribution < 1.29 is 0 Å². The zero-order chi connectivity index (χ0) is 32.5. The molecule has 0 amide bonds. The highest BCUT2D eigenvalue weighted by atomic mass is 31.1. The normalized spacial score (nSPS) is 11.6. The van der Waals surface area contributed by atoms with Crippen LogP contribution >= 0.6 is 15.8 Å². The fourth-order valence-corrected chi connectivity index (χ4v) is 10.2. The lowest BCUT2D eigenvalue weighted by molar-refractivity contribution is 0.909. The molecule has 0 aliphatic carbocycles. The molecule has 0 spiro atoms. The molecule has 6 aromatic carbocycles. The Labute approximate surface area is 285 Å². The molecular formula is C43H35N3P2. The van der Waals surface area contributed by atoms with E-state index in [9.17, 15) is 0 Å².